The minimum Gasteiger partial charge on any atom is -0.462 e. The van der Waals surface area contributed by atoms with Crippen molar-refractivity contribution in [3.8, 4) is 0 Å². The molecule has 1 fully saturated rings. The molecule has 2 aromatic heterocycles. The predicted octanol–water partition coefficient (Wildman–Crippen LogP) is 1.68. The highest BCUT2D eigenvalue weighted by Gasteiger charge is 2.25. The van der Waals surface area contributed by atoms with Crippen molar-refractivity contribution in [3.63, 3.8) is 0 Å². The van der Waals surface area contributed by atoms with E-state index in [0.717, 1.165) is 74.5 Å². The van der Waals surface area contributed by atoms with E-state index >= 15 is 0 Å². The van der Waals surface area contributed by atoms with Gasteiger partial charge in [-0.15, -0.1) is 0 Å². The van der Waals surface area contributed by atoms with Gasteiger partial charge in [0, 0.05) is 31.7 Å². The average molecular weight is 507 g/mol. The van der Waals surface area contributed by atoms with Crippen molar-refractivity contribution < 1.29 is 14.3 Å². The molecule has 10 nitrogen and oxygen atoms in total. The van der Waals surface area contributed by atoms with E-state index in [4.69, 9.17) is 4.74 Å². The fourth-order valence-electron chi connectivity index (χ4n) is 4.20. The van der Waals surface area contributed by atoms with Gasteiger partial charge < -0.3 is 20.0 Å². The Morgan fingerprint density at radius 2 is 1.88 bits per heavy atom. The number of nitrogens with zero attached hydrogens (tertiary/aromatic N) is 5. The predicted molar refractivity (Wildman–Crippen MR) is 133 cm³/mol. The number of amides is 1. The molecule has 1 amide bonds. The smallest absolute Gasteiger partial charge is 0.367 e. The SMILES string of the molecule is CCOC(=O)c1sc(NC(=O)CSc2nc(=O)n(N3CCN(C)CC3)c3c2CCCC3)nc1C. The number of thioether (sulfide) groups is 1. The molecule has 34 heavy (non-hydrogen) atoms. The lowest BCUT2D eigenvalue weighted by Crippen LogP contribution is -2.54. The summed E-state index contributed by atoms with van der Waals surface area (Å²) in [7, 11) is 2.09. The third-order valence-electron chi connectivity index (χ3n) is 5.94. The molecule has 0 atom stereocenters. The summed E-state index contributed by atoms with van der Waals surface area (Å²) in [5.41, 5.74) is 2.36. The number of piperazine rings is 1. The second kappa shape index (κ2) is 10.9. The molecule has 1 N–H and O–H groups in total. The molecule has 12 heteroatoms. The molecule has 1 aliphatic carbocycles. The highest BCUT2D eigenvalue weighted by atomic mass is 32.2. The van der Waals surface area contributed by atoms with Crippen LogP contribution in [0.5, 0.6) is 0 Å². The first-order valence-corrected chi connectivity index (χ1v) is 13.3. The molecule has 0 saturated carbocycles. The van der Waals surface area contributed by atoms with Crippen LogP contribution in [-0.2, 0) is 22.4 Å². The number of nitrogens with one attached hydrogen (secondary N) is 1. The Labute approximate surface area is 206 Å². The van der Waals surface area contributed by atoms with Crippen molar-refractivity contribution >= 4 is 40.1 Å². The quantitative estimate of drug-likeness (QED) is 0.341. The van der Waals surface area contributed by atoms with E-state index in [-0.39, 0.29) is 24.0 Å². The Hall–Kier alpha value is -2.44. The molecule has 4 rings (SSSR count). The second-order valence-corrected chi connectivity index (χ2v) is 10.4. The summed E-state index contributed by atoms with van der Waals surface area (Å²) < 4.78 is 6.80. The van der Waals surface area contributed by atoms with Gasteiger partial charge in [-0.1, -0.05) is 23.1 Å². The van der Waals surface area contributed by atoms with Crippen LogP contribution in [0.3, 0.4) is 0 Å². The number of hydrogen-bond donors (Lipinski definition) is 1. The molecule has 3 heterocycles. The van der Waals surface area contributed by atoms with Gasteiger partial charge in [-0.05, 0) is 46.6 Å². The lowest BCUT2D eigenvalue weighted by molar-refractivity contribution is -0.113. The highest BCUT2D eigenvalue weighted by Crippen LogP contribution is 2.29. The number of likely N-dealkylation sites (N-methyl/N-ethyl adjacent to an activating group) is 1. The van der Waals surface area contributed by atoms with E-state index in [1.54, 1.807) is 18.5 Å². The van der Waals surface area contributed by atoms with Crippen LogP contribution in [0.1, 0.15) is 46.4 Å². The Morgan fingerprint density at radius 3 is 2.62 bits per heavy atom. The number of anilines is 1. The fraction of sp³-hybridized carbons (Fsp3) is 0.591. The monoisotopic (exact) mass is 506 g/mol. The summed E-state index contributed by atoms with van der Waals surface area (Å²) >= 11 is 2.38. The largest absolute Gasteiger partial charge is 0.462 e. The lowest BCUT2D eigenvalue weighted by Gasteiger charge is -2.37. The molecular weight excluding hydrogens is 476 g/mol. The first-order chi connectivity index (χ1) is 16.4. The number of carbonyl (C=O) groups is 2. The van der Waals surface area contributed by atoms with E-state index in [9.17, 15) is 14.4 Å². The van der Waals surface area contributed by atoms with Crippen molar-refractivity contribution in [3.05, 3.63) is 32.3 Å². The normalized spacial score (nSPS) is 16.3. The zero-order chi connectivity index (χ0) is 24.2. The Bertz CT molecular complexity index is 1120. The minimum absolute atomic E-state index is 0.102. The van der Waals surface area contributed by atoms with Gasteiger partial charge in [0.25, 0.3) is 0 Å². The van der Waals surface area contributed by atoms with Crippen LogP contribution < -0.4 is 16.0 Å². The number of ether oxygens (including phenoxy) is 1. The van der Waals surface area contributed by atoms with E-state index in [1.807, 2.05) is 0 Å². The molecular formula is C22H30N6O4S2. The van der Waals surface area contributed by atoms with Crippen LogP contribution in [0, 0.1) is 6.92 Å². The molecule has 0 spiro atoms. The number of aromatic nitrogens is 3. The molecule has 0 unspecified atom stereocenters. The van der Waals surface area contributed by atoms with Gasteiger partial charge in [-0.2, -0.15) is 4.98 Å². The summed E-state index contributed by atoms with van der Waals surface area (Å²) in [4.78, 5) is 48.9. The summed E-state index contributed by atoms with van der Waals surface area (Å²) in [6.07, 6.45) is 3.79. The maximum absolute atomic E-state index is 13.0. The molecule has 0 radical (unpaired) electrons. The van der Waals surface area contributed by atoms with Crippen LogP contribution >= 0.6 is 23.1 Å². The van der Waals surface area contributed by atoms with Crippen LogP contribution in [0.2, 0.25) is 0 Å². The summed E-state index contributed by atoms with van der Waals surface area (Å²) in [6.45, 7) is 7.13. The van der Waals surface area contributed by atoms with Gasteiger partial charge in [-0.3, -0.25) is 4.79 Å². The van der Waals surface area contributed by atoms with Gasteiger partial charge in [0.1, 0.15) is 9.90 Å². The zero-order valence-corrected chi connectivity index (χ0v) is 21.4. The standard InChI is InChI=1S/C22H30N6O4S2/c1-4-32-20(30)18-14(2)23-21(34-18)24-17(29)13-33-19-15-7-5-6-8-16(15)28(22(31)25-19)27-11-9-26(3)10-12-27/h4-13H2,1-3H3,(H,23,24,29). The van der Waals surface area contributed by atoms with Crippen LogP contribution in [0.4, 0.5) is 5.13 Å². The number of thiazole rings is 1. The minimum atomic E-state index is -0.441. The lowest BCUT2D eigenvalue weighted by atomic mass is 9.97. The maximum atomic E-state index is 13.0. The average Bonchev–Trinajstić information content (AvgIpc) is 3.18. The van der Waals surface area contributed by atoms with Crippen LogP contribution in [0.15, 0.2) is 9.82 Å². The number of carbonyl (C=O) groups excluding carboxylic acids is 2. The van der Waals surface area contributed by atoms with E-state index in [1.165, 1.54) is 11.8 Å². The molecule has 184 valence electrons. The number of aryl methyl sites for hydroxylation is 1. The van der Waals surface area contributed by atoms with Crippen molar-refractivity contribution in [2.24, 2.45) is 0 Å². The van der Waals surface area contributed by atoms with Gasteiger partial charge in [0.05, 0.1) is 23.7 Å². The third kappa shape index (κ3) is 5.44. The summed E-state index contributed by atoms with van der Waals surface area (Å²) in [6, 6.07) is 0. The van der Waals surface area contributed by atoms with Crippen LogP contribution in [-0.4, -0.2) is 77.0 Å². The van der Waals surface area contributed by atoms with Gasteiger partial charge in [0.15, 0.2) is 5.13 Å². The summed E-state index contributed by atoms with van der Waals surface area (Å²) in [5, 5.41) is 5.85. The number of rotatable bonds is 7. The first-order valence-electron chi connectivity index (χ1n) is 11.5. The second-order valence-electron chi connectivity index (χ2n) is 8.39. The molecule has 2 aromatic rings. The Morgan fingerprint density at radius 1 is 1.15 bits per heavy atom. The van der Waals surface area contributed by atoms with Gasteiger partial charge in [0.2, 0.25) is 5.91 Å². The Balaban J connectivity index is 1.46. The Kier molecular flexibility index (Phi) is 7.89. The van der Waals surface area contributed by atoms with Crippen molar-refractivity contribution in [2.45, 2.75) is 44.6 Å². The molecule has 0 bridgehead atoms. The van der Waals surface area contributed by atoms with Crippen molar-refractivity contribution in [2.75, 3.05) is 55.9 Å². The molecule has 0 aromatic carbocycles. The molecule has 1 aliphatic heterocycles. The van der Waals surface area contributed by atoms with Crippen molar-refractivity contribution in [1.29, 1.82) is 0 Å². The fourth-order valence-corrected chi connectivity index (χ4v) is 5.96. The number of esters is 1. The highest BCUT2D eigenvalue weighted by molar-refractivity contribution is 8.00. The number of hydrogen-bond acceptors (Lipinski definition) is 10. The van der Waals surface area contributed by atoms with E-state index < -0.39 is 5.97 Å². The van der Waals surface area contributed by atoms with Crippen molar-refractivity contribution in [1.82, 2.24) is 19.5 Å². The van der Waals surface area contributed by atoms with E-state index in [2.05, 4.69) is 32.2 Å². The topological polar surface area (TPSA) is 110 Å². The van der Waals surface area contributed by atoms with Crippen LogP contribution in [0.25, 0.3) is 0 Å². The molecule has 2 aliphatic rings. The molecule has 1 saturated heterocycles. The summed E-state index contributed by atoms with van der Waals surface area (Å²) in [5.74, 6) is -0.599. The van der Waals surface area contributed by atoms with Gasteiger partial charge >= 0.3 is 11.7 Å². The zero-order valence-electron chi connectivity index (χ0n) is 19.8. The maximum Gasteiger partial charge on any atom is 0.367 e. The van der Waals surface area contributed by atoms with Gasteiger partial charge in [-0.25, -0.2) is 19.2 Å². The third-order valence-corrected chi connectivity index (χ3v) is 8.01. The van der Waals surface area contributed by atoms with E-state index in [0.29, 0.717) is 20.7 Å². The number of fused-ring (bicyclic) bond motifs is 1. The first kappa shape index (κ1) is 24.7.